The van der Waals surface area contributed by atoms with Crippen molar-refractivity contribution in [2.24, 2.45) is 11.8 Å². The summed E-state index contributed by atoms with van der Waals surface area (Å²) < 4.78 is 5.49. The van der Waals surface area contributed by atoms with Crippen LogP contribution < -0.4 is 22.0 Å². The summed E-state index contributed by atoms with van der Waals surface area (Å²) in [5.41, 5.74) is 1.30. The molecule has 306 valence electrons. The molecule has 6 rings (SSSR count). The number of amides is 2. The van der Waals surface area contributed by atoms with Gasteiger partial charge in [-0.3, -0.25) is 27.9 Å². The number of aliphatic hydroxyl groups is 3. The van der Waals surface area contributed by atoms with Gasteiger partial charge in [-0.2, -0.15) is 5.26 Å². The highest BCUT2D eigenvalue weighted by Crippen LogP contribution is 2.27. The molecule has 2 heterocycles. The van der Waals surface area contributed by atoms with Gasteiger partial charge in [-0.05, 0) is 69.0 Å². The third kappa shape index (κ3) is 11.1. The summed E-state index contributed by atoms with van der Waals surface area (Å²) in [6, 6.07) is 11.4. The van der Waals surface area contributed by atoms with Crippen LogP contribution in [0.3, 0.4) is 0 Å². The minimum absolute atomic E-state index is 0.0358. The summed E-state index contributed by atoms with van der Waals surface area (Å²) in [6.45, 7) is 1.74. The molecule has 5 N–H and O–H groups in total. The molecule has 2 saturated carbocycles. The van der Waals surface area contributed by atoms with Crippen molar-refractivity contribution in [3.8, 4) is 17.4 Å². The zero-order chi connectivity index (χ0) is 41.1. The van der Waals surface area contributed by atoms with Crippen molar-refractivity contribution in [2.45, 2.75) is 110 Å². The molecule has 57 heavy (non-hydrogen) atoms. The van der Waals surface area contributed by atoms with Crippen molar-refractivity contribution in [3.05, 3.63) is 103 Å². The average Bonchev–Trinajstić information content (AvgIpc) is 3.44. The maximum absolute atomic E-state index is 12.8. The summed E-state index contributed by atoms with van der Waals surface area (Å²) >= 11 is 12.4. The highest BCUT2D eigenvalue weighted by Gasteiger charge is 2.25. The van der Waals surface area contributed by atoms with E-state index < -0.39 is 24.3 Å². The van der Waals surface area contributed by atoms with Gasteiger partial charge in [0.05, 0.1) is 51.8 Å². The summed E-state index contributed by atoms with van der Waals surface area (Å²) in [7, 11) is 0. The van der Waals surface area contributed by atoms with E-state index in [0.29, 0.717) is 17.1 Å². The van der Waals surface area contributed by atoms with Crippen LogP contribution in [-0.4, -0.2) is 64.5 Å². The van der Waals surface area contributed by atoms with E-state index in [2.05, 4.69) is 10.6 Å². The molecule has 2 aromatic heterocycles. The average molecular weight is 825 g/mol. The Kier molecular flexibility index (Phi) is 15.8. The van der Waals surface area contributed by atoms with Crippen LogP contribution in [0.15, 0.2) is 64.6 Å². The minimum Gasteiger partial charge on any atom is -0.395 e. The van der Waals surface area contributed by atoms with Crippen LogP contribution in [-0.2, 0) is 13.1 Å². The molecule has 2 aliphatic rings. The number of aromatic nitrogens is 4. The second kappa shape index (κ2) is 20.7. The van der Waals surface area contributed by atoms with Crippen molar-refractivity contribution in [2.75, 3.05) is 6.61 Å². The Hall–Kier alpha value is -4.65. The summed E-state index contributed by atoms with van der Waals surface area (Å²) in [6.07, 6.45) is 15.3. The molecule has 2 unspecified atom stereocenters. The molecular formula is C41H51Cl2N7O7. The lowest BCUT2D eigenvalue weighted by atomic mass is 9.98. The number of benzene rings is 2. The van der Waals surface area contributed by atoms with Gasteiger partial charge in [-0.1, -0.05) is 74.6 Å². The third-order valence-electron chi connectivity index (χ3n) is 10.8. The Morgan fingerprint density at radius 2 is 1.25 bits per heavy atom. The van der Waals surface area contributed by atoms with Gasteiger partial charge < -0.3 is 26.0 Å². The molecular weight excluding hydrogens is 773 g/mol. The Balaban J connectivity index is 0.000000218. The number of imidazole rings is 2. The molecule has 2 fully saturated rings. The number of carbonyl (C=O) groups excluding carboxylic acids is 2. The predicted octanol–water partition coefficient (Wildman–Crippen LogP) is 5.45. The first kappa shape index (κ1) is 43.5. The van der Waals surface area contributed by atoms with Crippen molar-refractivity contribution >= 4 is 35.0 Å². The van der Waals surface area contributed by atoms with Crippen LogP contribution in [0.2, 0.25) is 10.0 Å². The molecule has 16 heteroatoms. The highest BCUT2D eigenvalue weighted by atomic mass is 35.5. The lowest BCUT2D eigenvalue weighted by molar-refractivity contribution is 0.0522. The fourth-order valence-electron chi connectivity index (χ4n) is 7.52. The summed E-state index contributed by atoms with van der Waals surface area (Å²) in [4.78, 5) is 50.4. The minimum atomic E-state index is -0.929. The van der Waals surface area contributed by atoms with Gasteiger partial charge in [0.15, 0.2) is 0 Å². The topological polar surface area (TPSA) is 197 Å². The molecule has 0 radical (unpaired) electrons. The molecule has 0 bridgehead atoms. The lowest BCUT2D eigenvalue weighted by Gasteiger charge is -2.22. The molecule has 0 aliphatic heterocycles. The first-order chi connectivity index (χ1) is 27.4. The summed E-state index contributed by atoms with van der Waals surface area (Å²) in [5.74, 6) is -0.863. The molecule has 2 aliphatic carbocycles. The van der Waals surface area contributed by atoms with Gasteiger partial charge in [0.1, 0.15) is 19.0 Å². The van der Waals surface area contributed by atoms with Crippen molar-refractivity contribution < 1.29 is 24.9 Å². The van der Waals surface area contributed by atoms with E-state index in [4.69, 9.17) is 33.6 Å². The number of aryl methyl sites for hydroxylation is 1. The second-order valence-electron chi connectivity index (χ2n) is 14.7. The monoisotopic (exact) mass is 823 g/mol. The van der Waals surface area contributed by atoms with Crippen LogP contribution in [0.5, 0.6) is 0 Å². The van der Waals surface area contributed by atoms with Gasteiger partial charge in [0, 0.05) is 36.1 Å². The quantitative estimate of drug-likeness (QED) is 0.0973. The molecule has 0 saturated heterocycles. The van der Waals surface area contributed by atoms with Gasteiger partial charge in [0.2, 0.25) is 0 Å². The molecule has 2 amide bonds. The summed E-state index contributed by atoms with van der Waals surface area (Å²) in [5, 5.41) is 44.7. The Morgan fingerprint density at radius 3 is 1.70 bits per heavy atom. The standard InChI is InChI=1S/C21H25ClN4O3.C20H26ClN3O4/c1-14-13-26(21(29)25(14)11-10-23)16-8-9-18(22)17(12-16)20(28)24-19(27)15-6-4-2-3-5-7-15;21-17-8-7-15(24-10-9-23(11-12-25)20(24)28)13-16(17)19(27)22-18(26)14-5-3-1-2-4-6-14/h8-9,12-13,15,19,27H,2-7,11H2,1H3,(H,24,28);7-10,13-14,18,25-26H,1-6,11-12H2,(H,22,27). The maximum atomic E-state index is 12.8. The van der Waals surface area contributed by atoms with Crippen LogP contribution >= 0.6 is 23.2 Å². The Morgan fingerprint density at radius 1 is 0.772 bits per heavy atom. The maximum Gasteiger partial charge on any atom is 0.333 e. The predicted molar refractivity (Wildman–Crippen MR) is 217 cm³/mol. The first-order valence-electron chi connectivity index (χ1n) is 19.6. The smallest absolute Gasteiger partial charge is 0.333 e. The van der Waals surface area contributed by atoms with E-state index in [1.54, 1.807) is 49.8 Å². The zero-order valence-corrected chi connectivity index (χ0v) is 33.6. The molecule has 14 nitrogen and oxygen atoms in total. The normalized spacial score (nSPS) is 16.3. The number of halogens is 2. The van der Waals surface area contributed by atoms with Crippen molar-refractivity contribution in [1.82, 2.24) is 28.9 Å². The first-order valence-corrected chi connectivity index (χ1v) is 20.3. The van der Waals surface area contributed by atoms with Gasteiger partial charge in [0.25, 0.3) is 11.8 Å². The number of hydrogen-bond donors (Lipinski definition) is 5. The number of carbonyl (C=O) groups is 2. The van der Waals surface area contributed by atoms with E-state index in [1.165, 1.54) is 30.4 Å². The lowest BCUT2D eigenvalue weighted by Crippen LogP contribution is -2.40. The molecule has 2 aromatic carbocycles. The number of rotatable bonds is 11. The van der Waals surface area contributed by atoms with E-state index in [9.17, 15) is 29.4 Å². The number of hydrogen-bond acceptors (Lipinski definition) is 8. The number of nitriles is 1. The van der Waals surface area contributed by atoms with Crippen molar-refractivity contribution in [1.29, 1.82) is 5.26 Å². The van der Waals surface area contributed by atoms with E-state index in [-0.39, 0.29) is 64.1 Å². The molecule has 2 atom stereocenters. The Labute approximate surface area is 341 Å². The SMILES string of the molecule is Cc1cn(-c2ccc(Cl)c(C(=O)NC(O)C3CCCCCC3)c2)c(=O)n1CC#N.O=C(NC(O)C1CCCCCC1)c1cc(-n2ccn(CCO)c2=O)ccc1Cl. The molecule has 0 spiro atoms. The van der Waals surface area contributed by atoms with E-state index >= 15 is 0 Å². The number of aliphatic hydroxyl groups excluding tert-OH is 3. The molecule has 4 aromatic rings. The van der Waals surface area contributed by atoms with E-state index in [0.717, 1.165) is 77.0 Å². The van der Waals surface area contributed by atoms with Gasteiger partial charge in [-0.15, -0.1) is 0 Å². The van der Waals surface area contributed by atoms with Gasteiger partial charge >= 0.3 is 11.4 Å². The van der Waals surface area contributed by atoms with Gasteiger partial charge in [-0.25, -0.2) is 9.59 Å². The second-order valence-corrected chi connectivity index (χ2v) is 15.5. The van der Waals surface area contributed by atoms with Crippen LogP contribution in [0.1, 0.15) is 103 Å². The number of nitrogens with zero attached hydrogens (tertiary/aromatic N) is 5. The van der Waals surface area contributed by atoms with Crippen LogP contribution in [0.25, 0.3) is 11.4 Å². The zero-order valence-electron chi connectivity index (χ0n) is 32.1. The fourth-order valence-corrected chi connectivity index (χ4v) is 7.92. The fraction of sp³-hybridized carbons (Fsp3) is 0.488. The Bertz CT molecular complexity index is 2150. The highest BCUT2D eigenvalue weighted by molar-refractivity contribution is 6.34. The van der Waals surface area contributed by atoms with Crippen LogP contribution in [0.4, 0.5) is 0 Å². The largest absolute Gasteiger partial charge is 0.395 e. The van der Waals surface area contributed by atoms with Crippen LogP contribution in [0, 0.1) is 30.1 Å². The van der Waals surface area contributed by atoms with E-state index in [1.807, 2.05) is 6.07 Å². The van der Waals surface area contributed by atoms with Crippen molar-refractivity contribution in [3.63, 3.8) is 0 Å². The third-order valence-corrected chi connectivity index (χ3v) is 11.5. The number of nitrogens with one attached hydrogen (secondary N) is 2.